The van der Waals surface area contributed by atoms with Crippen molar-refractivity contribution in [3.05, 3.63) is 42.2 Å². The van der Waals surface area contributed by atoms with Crippen LogP contribution in [-0.4, -0.2) is 42.3 Å². The number of nitrogens with zero attached hydrogens (tertiary/aromatic N) is 2. The first-order chi connectivity index (χ1) is 12.8. The molecule has 1 heterocycles. The van der Waals surface area contributed by atoms with Crippen LogP contribution in [-0.2, 0) is 21.2 Å². The summed E-state index contributed by atoms with van der Waals surface area (Å²) < 4.78 is 24.4. The van der Waals surface area contributed by atoms with Crippen LogP contribution >= 0.6 is 0 Å². The van der Waals surface area contributed by atoms with Gasteiger partial charge < -0.3 is 10.6 Å². The highest BCUT2D eigenvalue weighted by Gasteiger charge is 2.17. The Balaban J connectivity index is 1.56. The molecule has 144 valence electrons. The Labute approximate surface area is 157 Å². The van der Waals surface area contributed by atoms with Gasteiger partial charge in [-0.25, -0.2) is 8.42 Å². The normalized spacial score (nSPS) is 14.9. The Morgan fingerprint density at radius 3 is 2.48 bits per heavy atom. The molecular weight excluding hydrogens is 368 g/mol. The smallest absolute Gasteiger partial charge is 0.255 e. The van der Waals surface area contributed by atoms with Crippen LogP contribution in [0.4, 0.5) is 5.69 Å². The van der Waals surface area contributed by atoms with E-state index in [1.165, 1.54) is 35.1 Å². The van der Waals surface area contributed by atoms with Gasteiger partial charge in [-0.05, 0) is 37.1 Å². The SMILES string of the molecule is CS(=O)(=O)c1ccc(C(=O)Nc2cnn(CC(=O)NC3CCCC3)c2)cc1. The summed E-state index contributed by atoms with van der Waals surface area (Å²) in [4.78, 5) is 24.4. The number of hydrogen-bond donors (Lipinski definition) is 2. The zero-order valence-corrected chi connectivity index (χ0v) is 15.8. The molecular formula is C18H22N4O4S. The molecule has 1 saturated carbocycles. The summed E-state index contributed by atoms with van der Waals surface area (Å²) in [5, 5.41) is 9.75. The van der Waals surface area contributed by atoms with Gasteiger partial charge in [0.2, 0.25) is 5.91 Å². The molecule has 0 spiro atoms. The predicted octanol–water partition coefficient (Wildman–Crippen LogP) is 1.60. The van der Waals surface area contributed by atoms with E-state index < -0.39 is 9.84 Å². The quantitative estimate of drug-likeness (QED) is 0.778. The maximum absolute atomic E-state index is 12.3. The van der Waals surface area contributed by atoms with Crippen molar-refractivity contribution >= 4 is 27.3 Å². The third-order valence-corrected chi connectivity index (χ3v) is 5.59. The van der Waals surface area contributed by atoms with Gasteiger partial charge in [-0.3, -0.25) is 14.3 Å². The van der Waals surface area contributed by atoms with E-state index in [1.807, 2.05) is 0 Å². The van der Waals surface area contributed by atoms with Crippen LogP contribution in [0.5, 0.6) is 0 Å². The minimum atomic E-state index is -3.30. The third-order valence-electron chi connectivity index (χ3n) is 4.46. The van der Waals surface area contributed by atoms with Gasteiger partial charge in [0.15, 0.2) is 9.84 Å². The zero-order chi connectivity index (χ0) is 19.4. The van der Waals surface area contributed by atoms with E-state index in [4.69, 9.17) is 0 Å². The Kier molecular flexibility index (Phi) is 5.59. The lowest BCUT2D eigenvalue weighted by molar-refractivity contribution is -0.122. The molecule has 1 aliphatic rings. The Morgan fingerprint density at radius 1 is 1.19 bits per heavy atom. The van der Waals surface area contributed by atoms with E-state index in [-0.39, 0.29) is 29.3 Å². The molecule has 2 aromatic rings. The highest BCUT2D eigenvalue weighted by atomic mass is 32.2. The molecule has 0 saturated heterocycles. The highest BCUT2D eigenvalue weighted by molar-refractivity contribution is 7.90. The third kappa shape index (κ3) is 5.16. The Hall–Kier alpha value is -2.68. The number of rotatable bonds is 6. The van der Waals surface area contributed by atoms with Crippen molar-refractivity contribution in [1.82, 2.24) is 15.1 Å². The van der Waals surface area contributed by atoms with Crippen molar-refractivity contribution in [1.29, 1.82) is 0 Å². The second-order valence-electron chi connectivity index (χ2n) is 6.73. The topological polar surface area (TPSA) is 110 Å². The number of benzene rings is 1. The lowest BCUT2D eigenvalue weighted by Gasteiger charge is -2.11. The molecule has 0 bridgehead atoms. The predicted molar refractivity (Wildman–Crippen MR) is 100 cm³/mol. The van der Waals surface area contributed by atoms with Crippen LogP contribution in [0.1, 0.15) is 36.0 Å². The fourth-order valence-corrected chi connectivity index (χ4v) is 3.69. The first-order valence-electron chi connectivity index (χ1n) is 8.74. The summed E-state index contributed by atoms with van der Waals surface area (Å²) in [6, 6.07) is 5.93. The zero-order valence-electron chi connectivity index (χ0n) is 15.0. The van der Waals surface area contributed by atoms with Crippen molar-refractivity contribution in [2.75, 3.05) is 11.6 Å². The lowest BCUT2D eigenvalue weighted by Crippen LogP contribution is -2.35. The van der Waals surface area contributed by atoms with Gasteiger partial charge in [0.25, 0.3) is 5.91 Å². The van der Waals surface area contributed by atoms with Crippen LogP contribution in [0.2, 0.25) is 0 Å². The standard InChI is InChI=1S/C18H22N4O4S/c1-27(25,26)16-8-6-13(7-9-16)18(24)21-15-10-19-22(11-15)12-17(23)20-14-4-2-3-5-14/h6-11,14H,2-5,12H2,1H3,(H,20,23)(H,21,24). The molecule has 0 aliphatic heterocycles. The summed E-state index contributed by atoms with van der Waals surface area (Å²) in [7, 11) is -3.30. The number of carbonyl (C=O) groups excluding carboxylic acids is 2. The number of aromatic nitrogens is 2. The Morgan fingerprint density at radius 2 is 1.85 bits per heavy atom. The van der Waals surface area contributed by atoms with Gasteiger partial charge in [0.05, 0.1) is 16.8 Å². The molecule has 0 atom stereocenters. The van der Waals surface area contributed by atoms with Crippen molar-refractivity contribution in [3.8, 4) is 0 Å². The molecule has 1 aliphatic carbocycles. The van der Waals surface area contributed by atoms with Crippen molar-refractivity contribution in [2.45, 2.75) is 43.2 Å². The van der Waals surface area contributed by atoms with E-state index in [2.05, 4.69) is 15.7 Å². The van der Waals surface area contributed by atoms with Crippen molar-refractivity contribution in [2.24, 2.45) is 0 Å². The molecule has 3 rings (SSSR count). The van der Waals surface area contributed by atoms with E-state index in [9.17, 15) is 18.0 Å². The summed E-state index contributed by atoms with van der Waals surface area (Å²) in [6.07, 6.45) is 8.48. The lowest BCUT2D eigenvalue weighted by atomic mass is 10.2. The molecule has 2 N–H and O–H groups in total. The van der Waals surface area contributed by atoms with Crippen LogP contribution in [0.3, 0.4) is 0 Å². The van der Waals surface area contributed by atoms with Crippen LogP contribution < -0.4 is 10.6 Å². The first kappa shape index (κ1) is 19.1. The number of nitrogens with one attached hydrogen (secondary N) is 2. The number of amides is 2. The second-order valence-corrected chi connectivity index (χ2v) is 8.74. The number of carbonyl (C=O) groups is 2. The molecule has 9 heteroatoms. The maximum atomic E-state index is 12.3. The number of hydrogen-bond acceptors (Lipinski definition) is 5. The fourth-order valence-electron chi connectivity index (χ4n) is 3.06. The van der Waals surface area contributed by atoms with Crippen molar-refractivity contribution in [3.63, 3.8) is 0 Å². The van der Waals surface area contributed by atoms with E-state index >= 15 is 0 Å². The average Bonchev–Trinajstić information content (AvgIpc) is 3.26. The molecule has 1 fully saturated rings. The van der Waals surface area contributed by atoms with E-state index in [1.54, 1.807) is 6.20 Å². The van der Waals surface area contributed by atoms with Crippen LogP contribution in [0, 0.1) is 0 Å². The minimum absolute atomic E-state index is 0.0927. The van der Waals surface area contributed by atoms with Gasteiger partial charge in [-0.15, -0.1) is 0 Å². The molecule has 0 unspecified atom stereocenters. The summed E-state index contributed by atoms with van der Waals surface area (Å²) in [5.74, 6) is -0.482. The summed E-state index contributed by atoms with van der Waals surface area (Å²) in [6.45, 7) is 0.0927. The number of anilines is 1. The molecule has 8 nitrogen and oxygen atoms in total. The van der Waals surface area contributed by atoms with Crippen LogP contribution in [0.15, 0.2) is 41.6 Å². The van der Waals surface area contributed by atoms with Gasteiger partial charge in [0, 0.05) is 24.1 Å². The molecule has 27 heavy (non-hydrogen) atoms. The second kappa shape index (κ2) is 7.91. The molecule has 1 aromatic heterocycles. The largest absolute Gasteiger partial charge is 0.352 e. The monoisotopic (exact) mass is 390 g/mol. The average molecular weight is 390 g/mol. The van der Waals surface area contributed by atoms with E-state index in [0.29, 0.717) is 11.3 Å². The summed E-state index contributed by atoms with van der Waals surface area (Å²) in [5.41, 5.74) is 0.787. The summed E-state index contributed by atoms with van der Waals surface area (Å²) >= 11 is 0. The fraction of sp³-hybridized carbons (Fsp3) is 0.389. The first-order valence-corrected chi connectivity index (χ1v) is 10.6. The van der Waals surface area contributed by atoms with Gasteiger partial charge in [0.1, 0.15) is 6.54 Å². The molecule has 1 aromatic carbocycles. The van der Waals surface area contributed by atoms with Crippen molar-refractivity contribution < 1.29 is 18.0 Å². The van der Waals surface area contributed by atoms with Gasteiger partial charge in [-0.1, -0.05) is 12.8 Å². The maximum Gasteiger partial charge on any atom is 0.255 e. The van der Waals surface area contributed by atoms with E-state index in [0.717, 1.165) is 31.9 Å². The Bertz CT molecular complexity index is 929. The molecule has 2 amide bonds. The minimum Gasteiger partial charge on any atom is -0.352 e. The van der Waals surface area contributed by atoms with Gasteiger partial charge in [-0.2, -0.15) is 5.10 Å². The molecule has 0 radical (unpaired) electrons. The van der Waals surface area contributed by atoms with Crippen LogP contribution in [0.25, 0.3) is 0 Å². The number of sulfone groups is 1. The highest BCUT2D eigenvalue weighted by Crippen LogP contribution is 2.17. The van der Waals surface area contributed by atoms with Gasteiger partial charge >= 0.3 is 0 Å².